The van der Waals surface area contributed by atoms with Crippen LogP contribution in [0.2, 0.25) is 5.02 Å². The molecule has 3 nitrogen and oxygen atoms in total. The molecule has 0 aliphatic carbocycles. The predicted molar refractivity (Wildman–Crippen MR) is 87.7 cm³/mol. The standard InChI is InChI=1S/C16H27ClN2O/c1-3-5-10-19(11-12-20)16-14(13-18-9-4-2)7-6-8-15(16)17/h6-8,18,20H,3-5,9-13H2,1-2H3. The average molecular weight is 299 g/mol. The minimum Gasteiger partial charge on any atom is -0.395 e. The van der Waals surface area contributed by atoms with Gasteiger partial charge in [0, 0.05) is 19.6 Å². The number of halogens is 1. The lowest BCUT2D eigenvalue weighted by atomic mass is 10.1. The summed E-state index contributed by atoms with van der Waals surface area (Å²) in [6.45, 7) is 7.86. The van der Waals surface area contributed by atoms with Gasteiger partial charge in [0.05, 0.1) is 17.3 Å². The number of hydrogen-bond acceptors (Lipinski definition) is 3. The van der Waals surface area contributed by atoms with Gasteiger partial charge < -0.3 is 15.3 Å². The summed E-state index contributed by atoms with van der Waals surface area (Å²) in [5, 5.41) is 13.5. The number of aliphatic hydroxyl groups excluding tert-OH is 1. The van der Waals surface area contributed by atoms with E-state index in [0.717, 1.165) is 49.6 Å². The molecule has 1 aromatic carbocycles. The third kappa shape index (κ3) is 5.31. The number of nitrogens with zero attached hydrogens (tertiary/aromatic N) is 1. The normalized spacial score (nSPS) is 10.8. The number of nitrogens with one attached hydrogen (secondary N) is 1. The van der Waals surface area contributed by atoms with Crippen LogP contribution in [-0.2, 0) is 6.54 Å². The summed E-state index contributed by atoms with van der Waals surface area (Å²) in [5.74, 6) is 0. The van der Waals surface area contributed by atoms with Crippen LogP contribution in [0.4, 0.5) is 5.69 Å². The van der Waals surface area contributed by atoms with Gasteiger partial charge in [-0.2, -0.15) is 0 Å². The van der Waals surface area contributed by atoms with Crippen molar-refractivity contribution >= 4 is 17.3 Å². The van der Waals surface area contributed by atoms with Crippen LogP contribution in [-0.4, -0.2) is 31.3 Å². The quantitative estimate of drug-likeness (QED) is 0.650. The number of unbranched alkanes of at least 4 members (excludes halogenated alkanes) is 1. The Hall–Kier alpha value is -0.770. The van der Waals surface area contributed by atoms with Crippen molar-refractivity contribution in [1.29, 1.82) is 0 Å². The van der Waals surface area contributed by atoms with Crippen molar-refractivity contribution in [2.24, 2.45) is 0 Å². The first-order valence-electron chi connectivity index (χ1n) is 7.58. The second-order valence-electron chi connectivity index (χ2n) is 4.99. The zero-order valence-electron chi connectivity index (χ0n) is 12.7. The van der Waals surface area contributed by atoms with E-state index in [1.54, 1.807) is 0 Å². The molecular weight excluding hydrogens is 272 g/mol. The number of rotatable bonds is 10. The zero-order chi connectivity index (χ0) is 14.8. The molecular formula is C16H27ClN2O. The number of anilines is 1. The molecule has 0 saturated heterocycles. The van der Waals surface area contributed by atoms with Crippen molar-refractivity contribution in [1.82, 2.24) is 5.32 Å². The second-order valence-corrected chi connectivity index (χ2v) is 5.40. The highest BCUT2D eigenvalue weighted by Crippen LogP contribution is 2.30. The number of hydrogen-bond donors (Lipinski definition) is 2. The van der Waals surface area contributed by atoms with Crippen molar-refractivity contribution in [3.05, 3.63) is 28.8 Å². The monoisotopic (exact) mass is 298 g/mol. The molecule has 1 rings (SSSR count). The molecule has 114 valence electrons. The SMILES string of the molecule is CCCCN(CCO)c1c(Cl)cccc1CNCCC. The van der Waals surface area contributed by atoms with Crippen molar-refractivity contribution in [2.75, 3.05) is 31.1 Å². The van der Waals surface area contributed by atoms with Crippen LogP contribution in [0, 0.1) is 0 Å². The lowest BCUT2D eigenvalue weighted by Gasteiger charge is -2.27. The smallest absolute Gasteiger partial charge is 0.0642 e. The molecule has 0 atom stereocenters. The summed E-state index contributed by atoms with van der Waals surface area (Å²) in [7, 11) is 0. The molecule has 0 unspecified atom stereocenters. The van der Waals surface area contributed by atoms with E-state index in [4.69, 9.17) is 11.6 Å². The topological polar surface area (TPSA) is 35.5 Å². The Kier molecular flexibility index (Phi) is 8.67. The first kappa shape index (κ1) is 17.3. The molecule has 20 heavy (non-hydrogen) atoms. The molecule has 0 fully saturated rings. The summed E-state index contributed by atoms with van der Waals surface area (Å²) >= 11 is 6.40. The Morgan fingerprint density at radius 3 is 2.65 bits per heavy atom. The Morgan fingerprint density at radius 2 is 2.00 bits per heavy atom. The highest BCUT2D eigenvalue weighted by molar-refractivity contribution is 6.33. The molecule has 0 spiro atoms. The summed E-state index contributed by atoms with van der Waals surface area (Å²) in [5.41, 5.74) is 2.27. The Balaban J connectivity index is 2.91. The van der Waals surface area contributed by atoms with E-state index in [1.165, 1.54) is 5.56 Å². The summed E-state index contributed by atoms with van der Waals surface area (Å²) in [6, 6.07) is 6.03. The van der Waals surface area contributed by atoms with Gasteiger partial charge in [-0.15, -0.1) is 0 Å². The van der Waals surface area contributed by atoms with Gasteiger partial charge in [0.15, 0.2) is 0 Å². The number of para-hydroxylation sites is 1. The lowest BCUT2D eigenvalue weighted by Crippen LogP contribution is -2.30. The van der Waals surface area contributed by atoms with Crippen molar-refractivity contribution in [2.45, 2.75) is 39.7 Å². The van der Waals surface area contributed by atoms with Gasteiger partial charge in [0.1, 0.15) is 0 Å². The van der Waals surface area contributed by atoms with E-state index >= 15 is 0 Å². The summed E-state index contributed by atoms with van der Waals surface area (Å²) < 4.78 is 0. The number of benzene rings is 1. The van der Waals surface area contributed by atoms with Crippen LogP contribution in [0.5, 0.6) is 0 Å². The molecule has 2 N–H and O–H groups in total. The van der Waals surface area contributed by atoms with Gasteiger partial charge in [-0.3, -0.25) is 0 Å². The predicted octanol–water partition coefficient (Wildman–Crippen LogP) is 3.44. The number of aliphatic hydroxyl groups is 1. The largest absolute Gasteiger partial charge is 0.395 e. The minimum atomic E-state index is 0.150. The fourth-order valence-electron chi connectivity index (χ4n) is 2.26. The molecule has 0 heterocycles. The maximum atomic E-state index is 9.29. The third-order valence-electron chi connectivity index (χ3n) is 3.28. The van der Waals surface area contributed by atoms with Crippen molar-refractivity contribution in [3.8, 4) is 0 Å². The van der Waals surface area contributed by atoms with Crippen molar-refractivity contribution in [3.63, 3.8) is 0 Å². The molecule has 0 bridgehead atoms. The maximum absolute atomic E-state index is 9.29. The first-order valence-corrected chi connectivity index (χ1v) is 7.96. The zero-order valence-corrected chi connectivity index (χ0v) is 13.4. The van der Waals surface area contributed by atoms with E-state index in [9.17, 15) is 5.11 Å². The van der Waals surface area contributed by atoms with Crippen LogP contribution < -0.4 is 10.2 Å². The summed E-state index contributed by atoms with van der Waals surface area (Å²) in [4.78, 5) is 2.20. The van der Waals surface area contributed by atoms with Gasteiger partial charge in [0.25, 0.3) is 0 Å². The van der Waals surface area contributed by atoms with Crippen LogP contribution in [0.15, 0.2) is 18.2 Å². The maximum Gasteiger partial charge on any atom is 0.0642 e. The average Bonchev–Trinajstić information content (AvgIpc) is 2.44. The van der Waals surface area contributed by atoms with E-state index < -0.39 is 0 Å². The highest BCUT2D eigenvalue weighted by atomic mass is 35.5. The molecule has 4 heteroatoms. The van der Waals surface area contributed by atoms with Gasteiger partial charge in [-0.1, -0.05) is 44.0 Å². The second kappa shape index (κ2) is 10.0. The molecule has 1 aromatic rings. The molecule has 0 saturated carbocycles. The van der Waals surface area contributed by atoms with Crippen LogP contribution >= 0.6 is 11.6 Å². The molecule has 0 aliphatic heterocycles. The van der Waals surface area contributed by atoms with Gasteiger partial charge >= 0.3 is 0 Å². The van der Waals surface area contributed by atoms with E-state index in [-0.39, 0.29) is 6.61 Å². The van der Waals surface area contributed by atoms with Gasteiger partial charge in [-0.25, -0.2) is 0 Å². The van der Waals surface area contributed by atoms with Crippen LogP contribution in [0.25, 0.3) is 0 Å². The van der Waals surface area contributed by atoms with Gasteiger partial charge in [0.2, 0.25) is 0 Å². The van der Waals surface area contributed by atoms with E-state index in [0.29, 0.717) is 6.54 Å². The Bertz CT molecular complexity index is 385. The first-order chi connectivity index (χ1) is 9.74. The molecule has 0 radical (unpaired) electrons. The molecule has 0 amide bonds. The van der Waals surface area contributed by atoms with Gasteiger partial charge in [-0.05, 0) is 31.0 Å². The van der Waals surface area contributed by atoms with Crippen LogP contribution in [0.1, 0.15) is 38.7 Å². The van der Waals surface area contributed by atoms with E-state index in [1.807, 2.05) is 12.1 Å². The Labute approximate surface area is 127 Å². The highest BCUT2D eigenvalue weighted by Gasteiger charge is 2.14. The third-order valence-corrected chi connectivity index (χ3v) is 3.59. The van der Waals surface area contributed by atoms with Crippen molar-refractivity contribution < 1.29 is 5.11 Å². The molecule has 0 aliphatic rings. The van der Waals surface area contributed by atoms with Crippen LogP contribution in [0.3, 0.4) is 0 Å². The minimum absolute atomic E-state index is 0.150. The molecule has 0 aromatic heterocycles. The lowest BCUT2D eigenvalue weighted by molar-refractivity contribution is 0.301. The Morgan fingerprint density at radius 1 is 1.20 bits per heavy atom. The fourth-order valence-corrected chi connectivity index (χ4v) is 2.58. The summed E-state index contributed by atoms with van der Waals surface area (Å²) in [6.07, 6.45) is 3.36. The fraction of sp³-hybridized carbons (Fsp3) is 0.625. The van der Waals surface area contributed by atoms with E-state index in [2.05, 4.69) is 30.1 Å².